The molecule has 0 saturated carbocycles. The van der Waals surface area contributed by atoms with Crippen molar-refractivity contribution in [3.63, 3.8) is 0 Å². The van der Waals surface area contributed by atoms with Gasteiger partial charge in [-0.05, 0) is 56.1 Å². The molecule has 2 aromatic rings. The van der Waals surface area contributed by atoms with Crippen molar-refractivity contribution in [1.82, 2.24) is 9.80 Å². The quantitative estimate of drug-likeness (QED) is 0.305. The third-order valence-electron chi connectivity index (χ3n) is 5.01. The summed E-state index contributed by atoms with van der Waals surface area (Å²) in [5, 5.41) is 10.9. The van der Waals surface area contributed by atoms with Crippen molar-refractivity contribution in [2.45, 2.75) is 6.04 Å². The second-order valence-corrected chi connectivity index (χ2v) is 7.47. The minimum atomic E-state index is -0.766. The maximum atomic E-state index is 13.3. The number of aliphatic hydroxyl groups excluding tert-OH is 1. The summed E-state index contributed by atoms with van der Waals surface area (Å²) in [7, 11) is 3.74. The van der Waals surface area contributed by atoms with Gasteiger partial charge >= 0.3 is 0 Å². The minimum absolute atomic E-state index is 0.0184. The molecule has 1 saturated heterocycles. The van der Waals surface area contributed by atoms with Crippen LogP contribution >= 0.6 is 0 Å². The van der Waals surface area contributed by atoms with Crippen LogP contribution in [-0.2, 0) is 9.59 Å². The first-order chi connectivity index (χ1) is 14.8. The highest BCUT2D eigenvalue weighted by atomic mass is 19.1. The van der Waals surface area contributed by atoms with Crippen molar-refractivity contribution < 1.29 is 23.8 Å². The summed E-state index contributed by atoms with van der Waals surface area (Å²) >= 11 is 0. The van der Waals surface area contributed by atoms with Crippen molar-refractivity contribution in [3.8, 4) is 5.75 Å². The first-order valence-electron chi connectivity index (χ1n) is 9.86. The molecule has 7 heteroatoms. The summed E-state index contributed by atoms with van der Waals surface area (Å²) in [5.74, 6) is -1.62. The van der Waals surface area contributed by atoms with Crippen LogP contribution in [0, 0.1) is 5.82 Å². The van der Waals surface area contributed by atoms with Crippen LogP contribution in [-0.4, -0.2) is 60.4 Å². The average Bonchev–Trinajstić information content (AvgIpc) is 3.01. The van der Waals surface area contributed by atoms with Gasteiger partial charge in [-0.2, -0.15) is 0 Å². The summed E-state index contributed by atoms with van der Waals surface area (Å²) in [5.41, 5.74) is 0.908. The van der Waals surface area contributed by atoms with Crippen LogP contribution in [0.3, 0.4) is 0 Å². The lowest BCUT2D eigenvalue weighted by Crippen LogP contribution is -2.35. The number of likely N-dealkylation sites (tertiary alicyclic amines) is 1. The maximum Gasteiger partial charge on any atom is 0.295 e. The number of hydrogen-bond donors (Lipinski definition) is 1. The van der Waals surface area contributed by atoms with E-state index in [1.807, 2.05) is 19.0 Å². The number of Topliss-reactive ketones (excluding diaryl/α,β-unsaturated/α-hetero) is 1. The van der Waals surface area contributed by atoms with Crippen LogP contribution < -0.4 is 4.74 Å². The molecule has 0 unspecified atom stereocenters. The van der Waals surface area contributed by atoms with Crippen LogP contribution in [0.5, 0.6) is 5.75 Å². The fraction of sp³-hybridized carbons (Fsp3) is 0.250. The van der Waals surface area contributed by atoms with E-state index >= 15 is 0 Å². The number of carbonyl (C=O) groups excluding carboxylic acids is 2. The van der Waals surface area contributed by atoms with E-state index in [0.29, 0.717) is 31.0 Å². The molecule has 0 spiro atoms. The molecule has 2 aromatic carbocycles. The Morgan fingerprint density at radius 2 is 1.81 bits per heavy atom. The number of nitrogens with zero attached hydrogens (tertiary/aromatic N) is 2. The molecule has 1 atom stereocenters. The Bertz CT molecular complexity index is 997. The van der Waals surface area contributed by atoms with Crippen molar-refractivity contribution in [3.05, 3.63) is 83.7 Å². The molecule has 0 aliphatic carbocycles. The van der Waals surface area contributed by atoms with Gasteiger partial charge in [-0.25, -0.2) is 4.39 Å². The molecule has 1 N–H and O–H groups in total. The zero-order valence-corrected chi connectivity index (χ0v) is 17.5. The zero-order valence-electron chi connectivity index (χ0n) is 17.5. The minimum Gasteiger partial charge on any atom is -0.507 e. The second kappa shape index (κ2) is 9.57. The number of halogens is 1. The van der Waals surface area contributed by atoms with E-state index in [9.17, 15) is 19.1 Å². The molecular weight excluding hydrogens is 399 g/mol. The van der Waals surface area contributed by atoms with Crippen LogP contribution in [0.15, 0.2) is 66.8 Å². The SMILES string of the molecule is C=CCOc1ccc([C@@H]2/C(=C(\O)c3ccc(F)cc3)C(=O)C(=O)N2CCN(C)C)cc1. The molecule has 0 radical (unpaired) electrons. The van der Waals surface area contributed by atoms with Gasteiger partial charge in [0.25, 0.3) is 11.7 Å². The Morgan fingerprint density at radius 1 is 1.16 bits per heavy atom. The average molecular weight is 424 g/mol. The number of hydrogen-bond acceptors (Lipinski definition) is 5. The molecule has 3 rings (SSSR count). The van der Waals surface area contributed by atoms with E-state index in [0.717, 1.165) is 0 Å². The smallest absolute Gasteiger partial charge is 0.295 e. The van der Waals surface area contributed by atoms with Gasteiger partial charge in [0.2, 0.25) is 0 Å². The predicted octanol–water partition coefficient (Wildman–Crippen LogP) is 3.37. The summed E-state index contributed by atoms with van der Waals surface area (Å²) in [6, 6.07) is 11.4. The maximum absolute atomic E-state index is 13.3. The van der Waals surface area contributed by atoms with Crippen LogP contribution in [0.2, 0.25) is 0 Å². The van der Waals surface area contributed by atoms with Crippen LogP contribution in [0.1, 0.15) is 17.2 Å². The molecule has 0 bridgehead atoms. The Morgan fingerprint density at radius 3 is 2.39 bits per heavy atom. The number of carbonyl (C=O) groups is 2. The van der Waals surface area contributed by atoms with Crippen LogP contribution in [0.25, 0.3) is 5.76 Å². The molecule has 1 aliphatic heterocycles. The van der Waals surface area contributed by atoms with Gasteiger partial charge in [0.1, 0.15) is 23.9 Å². The largest absolute Gasteiger partial charge is 0.507 e. The number of likely N-dealkylation sites (N-methyl/N-ethyl adjacent to an activating group) is 1. The van der Waals surface area contributed by atoms with Crippen molar-refractivity contribution >= 4 is 17.4 Å². The van der Waals surface area contributed by atoms with Gasteiger partial charge in [0, 0.05) is 18.7 Å². The number of ketones is 1. The molecule has 31 heavy (non-hydrogen) atoms. The zero-order chi connectivity index (χ0) is 22.5. The Hall–Kier alpha value is -3.45. The Labute approximate surface area is 180 Å². The first-order valence-corrected chi connectivity index (χ1v) is 9.86. The fourth-order valence-electron chi connectivity index (χ4n) is 3.43. The van der Waals surface area contributed by atoms with Gasteiger partial charge < -0.3 is 19.6 Å². The van der Waals surface area contributed by atoms with Gasteiger partial charge in [-0.1, -0.05) is 24.8 Å². The summed E-state index contributed by atoms with van der Waals surface area (Å²) in [6.07, 6.45) is 1.63. The van der Waals surface area contributed by atoms with Gasteiger partial charge in [-0.3, -0.25) is 9.59 Å². The molecule has 162 valence electrons. The van der Waals surface area contributed by atoms with Gasteiger partial charge in [0.05, 0.1) is 11.6 Å². The number of amides is 1. The van der Waals surface area contributed by atoms with E-state index in [-0.39, 0.29) is 16.9 Å². The summed E-state index contributed by atoms with van der Waals surface area (Å²) in [4.78, 5) is 29.1. The predicted molar refractivity (Wildman–Crippen MR) is 116 cm³/mol. The number of ether oxygens (including phenoxy) is 1. The highest BCUT2D eigenvalue weighted by Crippen LogP contribution is 2.39. The van der Waals surface area contributed by atoms with Crippen molar-refractivity contribution in [2.24, 2.45) is 0 Å². The fourth-order valence-corrected chi connectivity index (χ4v) is 3.43. The first kappa shape index (κ1) is 22.2. The van der Waals surface area contributed by atoms with Crippen molar-refractivity contribution in [1.29, 1.82) is 0 Å². The monoisotopic (exact) mass is 424 g/mol. The van der Waals surface area contributed by atoms with E-state index in [2.05, 4.69) is 6.58 Å². The molecule has 1 heterocycles. The summed E-state index contributed by atoms with van der Waals surface area (Å²) in [6.45, 7) is 4.81. The normalized spacial score (nSPS) is 17.9. The van der Waals surface area contributed by atoms with Gasteiger partial charge in [0.15, 0.2) is 0 Å². The molecule has 6 nitrogen and oxygen atoms in total. The van der Waals surface area contributed by atoms with Crippen molar-refractivity contribution in [2.75, 3.05) is 33.8 Å². The third kappa shape index (κ3) is 4.83. The topological polar surface area (TPSA) is 70.1 Å². The van der Waals surface area contributed by atoms with E-state index < -0.39 is 23.5 Å². The Kier molecular flexibility index (Phi) is 6.87. The highest BCUT2D eigenvalue weighted by Gasteiger charge is 2.45. The highest BCUT2D eigenvalue weighted by molar-refractivity contribution is 6.46. The number of rotatable bonds is 8. The third-order valence-corrected chi connectivity index (χ3v) is 5.01. The lowest BCUT2D eigenvalue weighted by Gasteiger charge is -2.26. The number of aliphatic hydroxyl groups is 1. The molecule has 1 amide bonds. The lowest BCUT2D eigenvalue weighted by molar-refractivity contribution is -0.140. The Balaban J connectivity index is 2.07. The molecule has 1 fully saturated rings. The van der Waals surface area contributed by atoms with Gasteiger partial charge in [-0.15, -0.1) is 0 Å². The van der Waals surface area contributed by atoms with E-state index in [1.165, 1.54) is 29.2 Å². The second-order valence-electron chi connectivity index (χ2n) is 7.47. The number of benzene rings is 2. The van der Waals surface area contributed by atoms with Crippen LogP contribution in [0.4, 0.5) is 4.39 Å². The molecule has 0 aromatic heterocycles. The van der Waals surface area contributed by atoms with E-state index in [4.69, 9.17) is 4.74 Å². The van der Waals surface area contributed by atoms with E-state index in [1.54, 1.807) is 30.3 Å². The lowest BCUT2D eigenvalue weighted by atomic mass is 9.95. The standard InChI is InChI=1S/C24H25FN2O4/c1-4-15-31-19-11-7-16(8-12-19)21-20(22(28)17-5-9-18(25)10-6-17)23(29)24(30)27(21)14-13-26(2)3/h4-12,21,28H,1,13-15H2,2-3H3/b22-20+/t21-/m1/s1. The molecular formula is C24H25FN2O4. The molecule has 1 aliphatic rings. The summed E-state index contributed by atoms with van der Waals surface area (Å²) < 4.78 is 18.8.